The molecule has 0 saturated heterocycles. The number of hydrogen-bond acceptors (Lipinski definition) is 7. The number of nitrogens with zero attached hydrogens (tertiary/aromatic N) is 3. The normalized spacial score (nSPS) is 20.9. The number of amides is 4. The van der Waals surface area contributed by atoms with Crippen molar-refractivity contribution in [2.24, 2.45) is 5.10 Å². The van der Waals surface area contributed by atoms with Crippen LogP contribution in [0.4, 0.5) is 5.69 Å². The smallest absolute Gasteiger partial charge is 0.277 e. The summed E-state index contributed by atoms with van der Waals surface area (Å²) in [6.07, 6.45) is 0. The van der Waals surface area contributed by atoms with Gasteiger partial charge in [0.15, 0.2) is 5.17 Å². The van der Waals surface area contributed by atoms with Crippen molar-refractivity contribution in [2.75, 3.05) is 12.0 Å². The van der Waals surface area contributed by atoms with Gasteiger partial charge in [-0.15, -0.1) is 5.10 Å². The summed E-state index contributed by atoms with van der Waals surface area (Å²) in [5.74, 6) is -1.56. The van der Waals surface area contributed by atoms with E-state index in [-0.39, 0.29) is 5.17 Å². The molecule has 10 heteroatoms. The Morgan fingerprint density at radius 1 is 1.19 bits per heavy atom. The number of methoxy groups -OCH3 is 1. The SMILES string of the molecule is COc1ccc2c(c1)[C@@]1(SC(NC(C)=O)=NN1C(C)=O)C(=O)N2C(C)=O. The lowest BCUT2D eigenvalue weighted by molar-refractivity contribution is -0.140. The van der Waals surface area contributed by atoms with Gasteiger partial charge in [-0.25, -0.2) is 4.90 Å². The molecule has 1 N–H and O–H groups in total. The molecular formula is C16H16N4O5S. The summed E-state index contributed by atoms with van der Waals surface area (Å²) >= 11 is 0.901. The van der Waals surface area contributed by atoms with Crippen LogP contribution in [0.15, 0.2) is 23.3 Å². The highest BCUT2D eigenvalue weighted by molar-refractivity contribution is 8.15. The molecule has 0 bridgehead atoms. The number of carbonyl (C=O) groups excluding carboxylic acids is 4. The van der Waals surface area contributed by atoms with Crippen LogP contribution in [0.25, 0.3) is 0 Å². The quantitative estimate of drug-likeness (QED) is 0.775. The highest BCUT2D eigenvalue weighted by Gasteiger charge is 2.62. The number of imide groups is 1. The first-order chi connectivity index (χ1) is 12.2. The van der Waals surface area contributed by atoms with Crippen molar-refractivity contribution in [2.45, 2.75) is 25.6 Å². The average molecular weight is 376 g/mol. The van der Waals surface area contributed by atoms with Crippen LogP contribution in [-0.4, -0.2) is 40.9 Å². The Labute approximate surface area is 153 Å². The Balaban J connectivity index is 2.23. The second kappa shape index (κ2) is 6.13. The Hall–Kier alpha value is -2.88. The Bertz CT molecular complexity index is 883. The molecule has 1 spiro atoms. The van der Waals surface area contributed by atoms with Crippen LogP contribution in [0.2, 0.25) is 0 Å². The van der Waals surface area contributed by atoms with Crippen LogP contribution in [0.5, 0.6) is 5.75 Å². The van der Waals surface area contributed by atoms with E-state index in [2.05, 4.69) is 10.4 Å². The third kappa shape index (κ3) is 2.45. The number of amidine groups is 1. The molecule has 4 amide bonds. The molecule has 1 atom stereocenters. The minimum atomic E-state index is -1.61. The van der Waals surface area contributed by atoms with E-state index >= 15 is 0 Å². The fourth-order valence-electron chi connectivity index (χ4n) is 2.96. The van der Waals surface area contributed by atoms with E-state index < -0.39 is 28.5 Å². The van der Waals surface area contributed by atoms with Gasteiger partial charge in [0.1, 0.15) is 5.75 Å². The molecular weight excluding hydrogens is 360 g/mol. The summed E-state index contributed by atoms with van der Waals surface area (Å²) < 4.78 is 5.23. The van der Waals surface area contributed by atoms with Gasteiger partial charge in [0, 0.05) is 26.3 Å². The van der Waals surface area contributed by atoms with Gasteiger partial charge in [-0.1, -0.05) is 0 Å². The fourth-order valence-corrected chi connectivity index (χ4v) is 4.26. The highest BCUT2D eigenvalue weighted by Crippen LogP contribution is 2.55. The zero-order chi connectivity index (χ0) is 19.2. The molecule has 136 valence electrons. The van der Waals surface area contributed by atoms with E-state index in [1.165, 1.54) is 27.9 Å². The Morgan fingerprint density at radius 2 is 1.88 bits per heavy atom. The second-order valence-electron chi connectivity index (χ2n) is 5.71. The standard InChI is InChI=1S/C16H16N4O5S/c1-8(21)17-15-18-20(10(3)23)16(26-15)12-7-11(25-4)5-6-13(12)19(9(2)22)14(16)24/h5-7H,1-4H3,(H,17,18,21)/t16-/m1/s1. The molecule has 3 rings (SSSR count). The molecule has 26 heavy (non-hydrogen) atoms. The molecule has 2 heterocycles. The zero-order valence-corrected chi connectivity index (χ0v) is 15.3. The van der Waals surface area contributed by atoms with E-state index in [1.54, 1.807) is 18.2 Å². The van der Waals surface area contributed by atoms with Crippen LogP contribution in [-0.2, 0) is 24.0 Å². The van der Waals surface area contributed by atoms with Crippen molar-refractivity contribution in [3.8, 4) is 5.75 Å². The highest BCUT2D eigenvalue weighted by atomic mass is 32.2. The van der Waals surface area contributed by atoms with Crippen LogP contribution in [0, 0.1) is 0 Å². The average Bonchev–Trinajstić information content (AvgIpc) is 3.04. The lowest BCUT2D eigenvalue weighted by atomic mass is 10.1. The van der Waals surface area contributed by atoms with E-state index in [0.29, 0.717) is 17.0 Å². The molecule has 0 aromatic heterocycles. The van der Waals surface area contributed by atoms with Crippen molar-refractivity contribution in [3.63, 3.8) is 0 Å². The number of ether oxygens (including phenoxy) is 1. The molecule has 2 aliphatic rings. The zero-order valence-electron chi connectivity index (χ0n) is 14.5. The van der Waals surface area contributed by atoms with Crippen LogP contribution >= 0.6 is 11.8 Å². The van der Waals surface area contributed by atoms with Gasteiger partial charge in [-0.3, -0.25) is 19.2 Å². The summed E-state index contributed by atoms with van der Waals surface area (Å²) in [7, 11) is 1.47. The summed E-state index contributed by atoms with van der Waals surface area (Å²) in [6.45, 7) is 3.81. The first-order valence-corrected chi connectivity index (χ1v) is 8.43. The molecule has 0 aliphatic carbocycles. The second-order valence-corrected chi connectivity index (χ2v) is 6.89. The van der Waals surface area contributed by atoms with Gasteiger partial charge in [0.2, 0.25) is 22.6 Å². The van der Waals surface area contributed by atoms with Crippen molar-refractivity contribution in [3.05, 3.63) is 23.8 Å². The van der Waals surface area contributed by atoms with Gasteiger partial charge in [0.05, 0.1) is 12.8 Å². The molecule has 9 nitrogen and oxygen atoms in total. The minimum absolute atomic E-state index is 0.0974. The first-order valence-electron chi connectivity index (χ1n) is 7.62. The number of anilines is 1. The fraction of sp³-hybridized carbons (Fsp3) is 0.312. The maximum Gasteiger partial charge on any atom is 0.277 e. The van der Waals surface area contributed by atoms with Crippen molar-refractivity contribution >= 4 is 46.2 Å². The molecule has 0 saturated carbocycles. The lowest BCUT2D eigenvalue weighted by Gasteiger charge is -2.29. The van der Waals surface area contributed by atoms with Gasteiger partial charge >= 0.3 is 0 Å². The van der Waals surface area contributed by atoms with E-state index in [0.717, 1.165) is 21.7 Å². The Kier molecular flexibility index (Phi) is 4.23. The van der Waals surface area contributed by atoms with Crippen molar-refractivity contribution in [1.82, 2.24) is 10.3 Å². The monoisotopic (exact) mass is 376 g/mol. The van der Waals surface area contributed by atoms with E-state index in [1.807, 2.05) is 0 Å². The molecule has 2 aliphatic heterocycles. The van der Waals surface area contributed by atoms with Gasteiger partial charge in [-0.05, 0) is 30.0 Å². The number of rotatable bonds is 1. The van der Waals surface area contributed by atoms with Crippen LogP contribution < -0.4 is 15.0 Å². The number of hydrazone groups is 1. The summed E-state index contributed by atoms with van der Waals surface area (Å²) in [5.41, 5.74) is 0.739. The molecule has 0 fully saturated rings. The number of hydrogen-bond donors (Lipinski definition) is 1. The van der Waals surface area contributed by atoms with Gasteiger partial charge < -0.3 is 10.1 Å². The van der Waals surface area contributed by atoms with Crippen molar-refractivity contribution in [1.29, 1.82) is 0 Å². The maximum atomic E-state index is 13.2. The predicted molar refractivity (Wildman–Crippen MR) is 94.2 cm³/mol. The summed E-state index contributed by atoms with van der Waals surface area (Å²) in [4.78, 5) is 48.4. The molecule has 1 aromatic carbocycles. The number of carbonyl (C=O) groups is 4. The van der Waals surface area contributed by atoms with Crippen LogP contribution in [0.1, 0.15) is 26.3 Å². The predicted octanol–water partition coefficient (Wildman–Crippen LogP) is 0.743. The summed E-state index contributed by atoms with van der Waals surface area (Å²) in [6, 6.07) is 4.79. The minimum Gasteiger partial charge on any atom is -0.497 e. The maximum absolute atomic E-state index is 13.2. The molecule has 1 aromatic rings. The number of fused-ring (bicyclic) bond motifs is 2. The third-order valence-corrected chi connectivity index (χ3v) is 5.17. The van der Waals surface area contributed by atoms with Crippen LogP contribution in [0.3, 0.4) is 0 Å². The molecule has 0 radical (unpaired) electrons. The third-order valence-electron chi connectivity index (χ3n) is 3.93. The van der Waals surface area contributed by atoms with Gasteiger partial charge in [-0.2, -0.15) is 5.01 Å². The number of nitrogens with one attached hydrogen (secondary N) is 1. The van der Waals surface area contributed by atoms with E-state index in [9.17, 15) is 19.2 Å². The largest absolute Gasteiger partial charge is 0.497 e. The van der Waals surface area contributed by atoms with Gasteiger partial charge in [0.25, 0.3) is 5.91 Å². The topological polar surface area (TPSA) is 108 Å². The number of thioether (sulfide) groups is 1. The lowest BCUT2D eigenvalue weighted by Crippen LogP contribution is -2.49. The Morgan fingerprint density at radius 3 is 2.42 bits per heavy atom. The summed E-state index contributed by atoms with van der Waals surface area (Å²) in [5, 5.41) is 7.68. The van der Waals surface area contributed by atoms with Crippen molar-refractivity contribution < 1.29 is 23.9 Å². The molecule has 0 unspecified atom stereocenters. The first kappa shape index (κ1) is 17.9. The number of benzene rings is 1. The van der Waals surface area contributed by atoms with E-state index in [4.69, 9.17) is 4.74 Å².